The molecule has 0 aromatic heterocycles. The first-order chi connectivity index (χ1) is 16.4. The smallest absolute Gasteiger partial charge is 0.335 e. The summed E-state index contributed by atoms with van der Waals surface area (Å²) in [5.41, 5.74) is 2.30. The Hall–Kier alpha value is -3.91. The van der Waals surface area contributed by atoms with E-state index in [0.717, 1.165) is 11.6 Å². The Balaban J connectivity index is 1.53. The maximum absolute atomic E-state index is 14.7. The Labute approximate surface area is 198 Å². The van der Waals surface area contributed by atoms with Crippen LogP contribution in [0.1, 0.15) is 39.1 Å². The van der Waals surface area contributed by atoms with E-state index in [9.17, 15) is 13.6 Å². The Morgan fingerprint density at radius 1 is 0.971 bits per heavy atom. The van der Waals surface area contributed by atoms with Crippen LogP contribution in [0, 0.1) is 17.6 Å². The molecule has 9 heteroatoms. The Kier molecular flexibility index (Phi) is 5.67. The van der Waals surface area contributed by atoms with Crippen LogP contribution < -0.4 is 5.32 Å². The summed E-state index contributed by atoms with van der Waals surface area (Å²) in [6, 6.07) is 14.2. The van der Waals surface area contributed by atoms with Gasteiger partial charge >= 0.3 is 5.97 Å². The zero-order valence-corrected chi connectivity index (χ0v) is 18.2. The molecule has 0 aliphatic carbocycles. The van der Waals surface area contributed by atoms with Gasteiger partial charge in [0, 0.05) is 28.7 Å². The molecule has 3 unspecified atom stereocenters. The predicted molar refractivity (Wildman–Crippen MR) is 127 cm³/mol. The van der Waals surface area contributed by atoms with Crippen LogP contribution in [-0.2, 0) is 0 Å². The van der Waals surface area contributed by atoms with Crippen molar-refractivity contribution >= 4 is 41.6 Å². The highest BCUT2D eigenvalue weighted by molar-refractivity contribution is 6.30. The highest BCUT2D eigenvalue weighted by Crippen LogP contribution is 2.41. The third kappa shape index (κ3) is 4.08. The second kappa shape index (κ2) is 8.79. The highest BCUT2D eigenvalue weighted by Gasteiger charge is 2.33. The standard InChI is InChI=1S/C25H17ClF2N4O2/c26-15-6-9-17-19(10-15)23(18-2-1-3-20(27)21(18)28)29-11-14-12-30-25(32-22(14)17)31-16-7-4-13(5-8-16)24(33)34/h1-12,14,22-23H,(H,31,32)(H,33,34). The normalized spacial score (nSPS) is 20.7. The van der Waals surface area contributed by atoms with Crippen molar-refractivity contribution < 1.29 is 18.7 Å². The van der Waals surface area contributed by atoms with Crippen LogP contribution in [0.5, 0.6) is 0 Å². The van der Waals surface area contributed by atoms with Gasteiger partial charge in [-0.2, -0.15) is 0 Å². The number of benzene rings is 3. The molecule has 170 valence electrons. The van der Waals surface area contributed by atoms with Gasteiger partial charge < -0.3 is 10.4 Å². The van der Waals surface area contributed by atoms with Gasteiger partial charge in [-0.25, -0.2) is 23.6 Å². The average molecular weight is 479 g/mol. The summed E-state index contributed by atoms with van der Waals surface area (Å²) >= 11 is 6.26. The quantitative estimate of drug-likeness (QED) is 0.506. The van der Waals surface area contributed by atoms with E-state index >= 15 is 0 Å². The zero-order chi connectivity index (χ0) is 23.8. The van der Waals surface area contributed by atoms with Crippen LogP contribution in [0.15, 0.2) is 75.6 Å². The molecule has 34 heavy (non-hydrogen) atoms. The van der Waals surface area contributed by atoms with Gasteiger partial charge in [-0.15, -0.1) is 0 Å². The molecule has 2 aliphatic heterocycles. The third-order valence-electron chi connectivity index (χ3n) is 5.73. The zero-order valence-electron chi connectivity index (χ0n) is 17.5. The van der Waals surface area contributed by atoms with Crippen LogP contribution in [-0.4, -0.2) is 29.5 Å². The monoisotopic (exact) mass is 478 g/mol. The summed E-state index contributed by atoms with van der Waals surface area (Å²) in [7, 11) is 0. The van der Waals surface area contributed by atoms with E-state index in [1.165, 1.54) is 24.3 Å². The Morgan fingerprint density at radius 2 is 1.76 bits per heavy atom. The number of fused-ring (bicyclic) bond motifs is 3. The van der Waals surface area contributed by atoms with Crippen LogP contribution >= 0.6 is 11.6 Å². The molecule has 0 saturated carbocycles. The minimum absolute atomic E-state index is 0.108. The summed E-state index contributed by atoms with van der Waals surface area (Å²) in [6.45, 7) is 0. The van der Waals surface area contributed by atoms with Gasteiger partial charge in [-0.05, 0) is 53.6 Å². The fraction of sp³-hybridized carbons (Fsp3) is 0.120. The van der Waals surface area contributed by atoms with Crippen molar-refractivity contribution in [3.05, 3.63) is 99.6 Å². The molecule has 6 nitrogen and oxygen atoms in total. The molecular formula is C25H17ClF2N4O2. The number of halogens is 3. The van der Waals surface area contributed by atoms with Crippen molar-refractivity contribution in [2.75, 3.05) is 5.32 Å². The summed E-state index contributed by atoms with van der Waals surface area (Å²) in [6.07, 6.45) is 3.34. The average Bonchev–Trinajstić information content (AvgIpc) is 2.98. The van der Waals surface area contributed by atoms with Crippen molar-refractivity contribution in [3.63, 3.8) is 0 Å². The number of hydrogen-bond acceptors (Lipinski definition) is 5. The first-order valence-electron chi connectivity index (χ1n) is 10.4. The largest absolute Gasteiger partial charge is 0.478 e. The highest BCUT2D eigenvalue weighted by atomic mass is 35.5. The molecule has 2 N–H and O–H groups in total. The number of carbonyl (C=O) groups is 1. The topological polar surface area (TPSA) is 86.4 Å². The molecule has 0 bridgehead atoms. The summed E-state index contributed by atoms with van der Waals surface area (Å²) in [5.74, 6) is -2.89. The fourth-order valence-electron chi connectivity index (χ4n) is 4.07. The Morgan fingerprint density at radius 3 is 2.53 bits per heavy atom. The molecule has 0 spiro atoms. The van der Waals surface area contributed by atoms with E-state index in [1.807, 2.05) is 6.07 Å². The van der Waals surface area contributed by atoms with Gasteiger partial charge in [0.25, 0.3) is 0 Å². The van der Waals surface area contributed by atoms with Crippen LogP contribution in [0.25, 0.3) is 0 Å². The molecule has 0 amide bonds. The molecule has 5 rings (SSSR count). The number of aromatic carboxylic acids is 1. The number of nitrogens with one attached hydrogen (secondary N) is 1. The van der Waals surface area contributed by atoms with Crippen LogP contribution in [0.3, 0.4) is 0 Å². The number of aliphatic imine (C=N–C) groups is 3. The maximum Gasteiger partial charge on any atom is 0.335 e. The fourth-order valence-corrected chi connectivity index (χ4v) is 4.25. The van der Waals surface area contributed by atoms with E-state index in [0.29, 0.717) is 22.2 Å². The lowest BCUT2D eigenvalue weighted by Crippen LogP contribution is -2.24. The first kappa shape index (κ1) is 21.9. The van der Waals surface area contributed by atoms with Gasteiger partial charge in [0.1, 0.15) is 6.04 Å². The molecule has 3 aromatic rings. The van der Waals surface area contributed by atoms with Crippen molar-refractivity contribution in [2.45, 2.75) is 12.1 Å². The van der Waals surface area contributed by atoms with Crippen molar-refractivity contribution in [1.82, 2.24) is 0 Å². The molecule has 0 fully saturated rings. The maximum atomic E-state index is 14.7. The van der Waals surface area contributed by atoms with Gasteiger partial charge in [0.2, 0.25) is 5.96 Å². The lowest BCUT2D eigenvalue weighted by molar-refractivity contribution is 0.0697. The minimum atomic E-state index is -1.01. The number of guanidine groups is 1. The van der Waals surface area contributed by atoms with Crippen molar-refractivity contribution in [1.29, 1.82) is 0 Å². The number of hydrogen-bond donors (Lipinski definition) is 2. The molecule has 2 aliphatic rings. The van der Waals surface area contributed by atoms with Crippen molar-refractivity contribution in [2.24, 2.45) is 20.9 Å². The van der Waals surface area contributed by atoms with E-state index < -0.39 is 29.7 Å². The van der Waals surface area contributed by atoms with Crippen molar-refractivity contribution in [3.8, 4) is 0 Å². The van der Waals surface area contributed by atoms with E-state index in [4.69, 9.17) is 21.7 Å². The second-order valence-corrected chi connectivity index (χ2v) is 8.31. The molecule has 3 atom stereocenters. The summed E-state index contributed by atoms with van der Waals surface area (Å²) < 4.78 is 28.7. The van der Waals surface area contributed by atoms with Crippen LogP contribution in [0.2, 0.25) is 5.02 Å². The number of carboxylic acid groups (broad SMARTS) is 1. The summed E-state index contributed by atoms with van der Waals surface area (Å²) in [4.78, 5) is 24.8. The molecule has 3 aromatic carbocycles. The number of anilines is 1. The lowest BCUT2D eigenvalue weighted by atomic mass is 9.88. The second-order valence-electron chi connectivity index (χ2n) is 7.88. The number of rotatable bonds is 3. The molecule has 2 heterocycles. The number of carboxylic acids is 1. The van der Waals surface area contributed by atoms with Gasteiger partial charge in [-0.3, -0.25) is 4.99 Å². The SMILES string of the molecule is O=C(O)c1ccc(NC2=NC3c4ccc(Cl)cc4C(c4cccc(F)c4F)N=CC3C=N2)cc1. The third-order valence-corrected chi connectivity index (χ3v) is 5.96. The summed E-state index contributed by atoms with van der Waals surface area (Å²) in [5, 5.41) is 12.6. The van der Waals surface area contributed by atoms with E-state index in [1.54, 1.807) is 36.7 Å². The van der Waals surface area contributed by atoms with Gasteiger partial charge in [0.15, 0.2) is 11.6 Å². The number of nitrogens with zero attached hydrogens (tertiary/aromatic N) is 3. The van der Waals surface area contributed by atoms with Gasteiger partial charge in [-0.1, -0.05) is 29.8 Å². The van der Waals surface area contributed by atoms with Crippen LogP contribution in [0.4, 0.5) is 14.5 Å². The predicted octanol–water partition coefficient (Wildman–Crippen LogP) is 5.70. The molecular weight excluding hydrogens is 462 g/mol. The molecule has 0 radical (unpaired) electrons. The Bertz CT molecular complexity index is 1370. The first-order valence-corrected chi connectivity index (χ1v) is 10.8. The minimum Gasteiger partial charge on any atom is -0.478 e. The van der Waals surface area contributed by atoms with E-state index in [-0.39, 0.29) is 17.0 Å². The lowest BCUT2D eigenvalue weighted by Gasteiger charge is -2.24. The molecule has 0 saturated heterocycles. The van der Waals surface area contributed by atoms with Gasteiger partial charge in [0.05, 0.1) is 17.5 Å². The van der Waals surface area contributed by atoms with E-state index in [2.05, 4.69) is 15.3 Å².